The number of rotatable bonds is 12. The molecule has 0 heterocycles. The number of esters is 2. The van der Waals surface area contributed by atoms with Crippen molar-refractivity contribution in [2.75, 3.05) is 13.2 Å². The highest BCUT2D eigenvalue weighted by Gasteiger charge is 2.28. The molecule has 1 rings (SSSR count). The van der Waals surface area contributed by atoms with E-state index in [0.717, 1.165) is 5.56 Å². The second-order valence-electron chi connectivity index (χ2n) is 10.1. The molecule has 0 unspecified atom stereocenters. The number of carbonyl (C=O) groups excluding carboxylic acids is 3. The van der Waals surface area contributed by atoms with Crippen molar-refractivity contribution >= 4 is 18.0 Å². The van der Waals surface area contributed by atoms with Gasteiger partial charge in [0.25, 0.3) is 0 Å². The minimum atomic E-state index is -1.03. The third-order valence-electron chi connectivity index (χ3n) is 4.37. The van der Waals surface area contributed by atoms with Crippen molar-refractivity contribution in [1.29, 1.82) is 0 Å². The molecule has 0 fully saturated rings. The van der Waals surface area contributed by atoms with Crippen LogP contribution in [-0.4, -0.2) is 48.5 Å². The highest BCUT2D eigenvalue weighted by Crippen LogP contribution is 2.15. The Morgan fingerprint density at radius 3 is 2.17 bits per heavy atom. The molecule has 8 heteroatoms. The molecular weight excluding hydrogens is 450 g/mol. The zero-order valence-corrected chi connectivity index (χ0v) is 22.1. The largest absolute Gasteiger partial charge is 0.463 e. The van der Waals surface area contributed by atoms with Gasteiger partial charge < -0.3 is 24.3 Å². The highest BCUT2D eigenvalue weighted by molar-refractivity contribution is 5.88. The first-order valence-corrected chi connectivity index (χ1v) is 12.0. The van der Waals surface area contributed by atoms with Crippen LogP contribution in [0.3, 0.4) is 0 Å². The molecule has 0 aromatic heterocycles. The van der Waals surface area contributed by atoms with E-state index in [4.69, 9.17) is 18.9 Å². The van der Waals surface area contributed by atoms with E-state index in [-0.39, 0.29) is 13.0 Å². The fourth-order valence-corrected chi connectivity index (χ4v) is 2.94. The number of carbonyl (C=O) groups is 3. The van der Waals surface area contributed by atoms with E-state index < -0.39 is 35.3 Å². The molecule has 0 aliphatic carbocycles. The van der Waals surface area contributed by atoms with Gasteiger partial charge in [0.1, 0.15) is 17.2 Å². The van der Waals surface area contributed by atoms with Crippen molar-refractivity contribution in [3.63, 3.8) is 0 Å². The topological polar surface area (TPSA) is 100 Å². The molecule has 196 valence electrons. The summed E-state index contributed by atoms with van der Waals surface area (Å²) < 4.78 is 21.6. The average molecular weight is 492 g/mol. The first kappa shape index (κ1) is 30.2. The molecule has 1 N–H and O–H groups in total. The quantitative estimate of drug-likeness (QED) is 0.188. The summed E-state index contributed by atoms with van der Waals surface area (Å²) in [6, 6.07) is 8.79. The smallest absolute Gasteiger partial charge is 0.408 e. The lowest BCUT2D eigenvalue weighted by Crippen LogP contribution is -2.45. The summed E-state index contributed by atoms with van der Waals surface area (Å²) >= 11 is 0. The van der Waals surface area contributed by atoms with Gasteiger partial charge in [-0.1, -0.05) is 36.4 Å². The molecule has 0 aliphatic heterocycles. The van der Waals surface area contributed by atoms with Crippen LogP contribution in [0, 0.1) is 0 Å². The number of alkyl carbamates (subject to hydrolysis) is 1. The van der Waals surface area contributed by atoms with E-state index in [0.29, 0.717) is 31.6 Å². The third kappa shape index (κ3) is 14.2. The second-order valence-corrected chi connectivity index (χ2v) is 10.1. The normalized spacial score (nSPS) is 13.1. The third-order valence-corrected chi connectivity index (χ3v) is 4.37. The molecule has 1 aromatic carbocycles. The van der Waals surface area contributed by atoms with Crippen molar-refractivity contribution < 1.29 is 33.3 Å². The van der Waals surface area contributed by atoms with Crippen LogP contribution in [0.25, 0.3) is 0 Å². The Balaban J connectivity index is 2.84. The average Bonchev–Trinajstić information content (AvgIpc) is 2.73. The lowest BCUT2D eigenvalue weighted by Gasteiger charge is -2.26. The van der Waals surface area contributed by atoms with Gasteiger partial charge in [-0.15, -0.1) is 0 Å². The predicted octanol–water partition coefficient (Wildman–Crippen LogP) is 5.10. The van der Waals surface area contributed by atoms with E-state index in [1.54, 1.807) is 54.5 Å². The van der Waals surface area contributed by atoms with Gasteiger partial charge in [-0.3, -0.25) is 0 Å². The monoisotopic (exact) mass is 491 g/mol. The maximum Gasteiger partial charge on any atom is 0.408 e. The molecule has 1 atom stereocenters. The van der Waals surface area contributed by atoms with Gasteiger partial charge in [-0.2, -0.15) is 0 Å². The lowest BCUT2D eigenvalue weighted by atomic mass is 10.1. The zero-order chi connectivity index (χ0) is 26.5. The van der Waals surface area contributed by atoms with Crippen LogP contribution in [-0.2, 0) is 35.1 Å². The summed E-state index contributed by atoms with van der Waals surface area (Å²) in [7, 11) is 0. The van der Waals surface area contributed by atoms with Crippen molar-refractivity contribution in [2.24, 2.45) is 0 Å². The van der Waals surface area contributed by atoms with Gasteiger partial charge in [-0.05, 0) is 73.3 Å². The molecule has 0 radical (unpaired) electrons. The van der Waals surface area contributed by atoms with E-state index in [2.05, 4.69) is 5.32 Å². The van der Waals surface area contributed by atoms with Crippen LogP contribution in [0.15, 0.2) is 42.0 Å². The molecule has 8 nitrogen and oxygen atoms in total. The first-order chi connectivity index (χ1) is 16.3. The van der Waals surface area contributed by atoms with Crippen LogP contribution in [0.5, 0.6) is 0 Å². The lowest BCUT2D eigenvalue weighted by molar-refractivity contribution is -0.157. The number of nitrogens with one attached hydrogen (secondary N) is 1. The van der Waals surface area contributed by atoms with Crippen LogP contribution < -0.4 is 5.32 Å². The Bertz CT molecular complexity index is 835. The fourth-order valence-electron chi connectivity index (χ4n) is 2.94. The minimum Gasteiger partial charge on any atom is -0.463 e. The maximum absolute atomic E-state index is 12.7. The Labute approximate surface area is 209 Å². The molecule has 1 amide bonds. The number of benzene rings is 1. The maximum atomic E-state index is 12.7. The number of hydrogen-bond acceptors (Lipinski definition) is 7. The molecule has 35 heavy (non-hydrogen) atoms. The van der Waals surface area contributed by atoms with Crippen molar-refractivity contribution in [1.82, 2.24) is 5.32 Å². The van der Waals surface area contributed by atoms with Gasteiger partial charge in [-0.25, -0.2) is 14.4 Å². The van der Waals surface area contributed by atoms with Crippen molar-refractivity contribution in [2.45, 2.75) is 91.6 Å². The Hall–Kier alpha value is -2.87. The zero-order valence-electron chi connectivity index (χ0n) is 22.1. The van der Waals surface area contributed by atoms with E-state index in [1.165, 1.54) is 0 Å². The summed E-state index contributed by atoms with van der Waals surface area (Å²) in [5, 5.41) is 2.56. The summed E-state index contributed by atoms with van der Waals surface area (Å²) in [6.45, 7) is 13.3. The SMILES string of the molecule is CCOC(=O)/C(=C\C[C@H](NC(=O)OC(C)(C)C)C(=O)OC(C)(C)C)CCCOCc1ccccc1. The standard InChI is InChI=1S/C27H41NO7/c1-8-33-23(29)21(15-12-18-32-19-20-13-10-9-11-14-20)16-17-22(24(30)34-26(2,3)4)28-25(31)35-27(5,6)7/h9-11,13-14,16,22H,8,12,15,17-19H2,1-7H3,(H,28,31)/b21-16-/t22-/m0/s1. The number of amides is 1. The summed E-state index contributed by atoms with van der Waals surface area (Å²) in [5.41, 5.74) is 0.0139. The Morgan fingerprint density at radius 2 is 1.60 bits per heavy atom. The van der Waals surface area contributed by atoms with Crippen LogP contribution in [0.1, 0.15) is 73.3 Å². The van der Waals surface area contributed by atoms with E-state index in [9.17, 15) is 14.4 Å². The first-order valence-electron chi connectivity index (χ1n) is 12.0. The molecule has 0 saturated carbocycles. The molecular formula is C27H41NO7. The molecule has 0 bridgehead atoms. The number of ether oxygens (including phenoxy) is 4. The molecule has 1 aromatic rings. The predicted molar refractivity (Wildman–Crippen MR) is 134 cm³/mol. The molecule has 0 aliphatic rings. The molecule has 0 saturated heterocycles. The Morgan fingerprint density at radius 1 is 0.971 bits per heavy atom. The van der Waals surface area contributed by atoms with Crippen molar-refractivity contribution in [3.8, 4) is 0 Å². The van der Waals surface area contributed by atoms with Gasteiger partial charge in [0.05, 0.1) is 13.2 Å². The fraction of sp³-hybridized carbons (Fsp3) is 0.593. The highest BCUT2D eigenvalue weighted by atomic mass is 16.6. The van der Waals surface area contributed by atoms with Gasteiger partial charge >= 0.3 is 18.0 Å². The van der Waals surface area contributed by atoms with Crippen LogP contribution in [0.4, 0.5) is 4.79 Å². The van der Waals surface area contributed by atoms with Crippen LogP contribution >= 0.6 is 0 Å². The van der Waals surface area contributed by atoms with E-state index >= 15 is 0 Å². The summed E-state index contributed by atoms with van der Waals surface area (Å²) in [6.07, 6.45) is 1.91. The molecule has 0 spiro atoms. The number of hydrogen-bond donors (Lipinski definition) is 1. The summed E-state index contributed by atoms with van der Waals surface area (Å²) in [4.78, 5) is 37.5. The Kier molecular flexibility index (Phi) is 12.5. The minimum absolute atomic E-state index is 0.0488. The summed E-state index contributed by atoms with van der Waals surface area (Å²) in [5.74, 6) is -1.08. The van der Waals surface area contributed by atoms with Gasteiger partial charge in [0.2, 0.25) is 0 Å². The van der Waals surface area contributed by atoms with Gasteiger partial charge in [0, 0.05) is 12.2 Å². The van der Waals surface area contributed by atoms with Gasteiger partial charge in [0.15, 0.2) is 0 Å². The van der Waals surface area contributed by atoms with Crippen LogP contribution in [0.2, 0.25) is 0 Å². The van der Waals surface area contributed by atoms with E-state index in [1.807, 2.05) is 30.3 Å². The second kappa shape index (κ2) is 14.5. The van der Waals surface area contributed by atoms with Crippen molar-refractivity contribution in [3.05, 3.63) is 47.5 Å².